The highest BCUT2D eigenvalue weighted by molar-refractivity contribution is 7.46. The molecule has 0 radical (unpaired) electrons. The Hall–Kier alpha value is -3.02. The number of hydrogen-bond donors (Lipinski definition) is 0. The number of phosphoric acid groups is 2. The maximum Gasteiger partial charge on any atom is 0.306 e. The summed E-state index contributed by atoms with van der Waals surface area (Å²) in [5.74, 6) is -1.88. The van der Waals surface area contributed by atoms with E-state index in [9.17, 15) is 38.1 Å². The van der Waals surface area contributed by atoms with Crippen LogP contribution < -0.4 is 9.79 Å². The Kier molecular flexibility index (Phi) is 84.8. The van der Waals surface area contributed by atoms with E-state index in [2.05, 4.69) is 52.0 Å². The molecule has 0 rings (SSSR count). The molecule has 18 nitrogen and oxygen atoms in total. The highest BCUT2D eigenvalue weighted by Gasteiger charge is 2.24. The predicted octanol–water partition coefficient (Wildman–Crippen LogP) is 26.6. The quantitative estimate of drug-likeness (QED) is 0.0138. The predicted molar refractivity (Wildman–Crippen MR) is 481 cm³/mol. The second kappa shape index (κ2) is 85.5. The minimum Gasteiger partial charge on any atom is -0.756 e. The second-order valence-electron chi connectivity index (χ2n) is 34.9. The van der Waals surface area contributed by atoms with Crippen molar-refractivity contribution in [1.29, 1.82) is 0 Å². The second-order valence-corrected chi connectivity index (χ2v) is 37.8. The standard InChI is InChI=1S/2C48H92NO8P/c1-6-8-10-12-14-16-18-20-22-23-24-25-27-29-31-33-35-37-39-41-48(51)57-46(45-56-58(52,53)55-43-42-49(3,4)5)44-54-47(50)40-38-36-34-32-30-28-26-21-19-17-15-13-11-9-7-2;1-6-8-10-12-14-16-18-20-22-24-26-28-30-32-34-36-38-40-47(50)54-44-46(45-56-58(52,53)55-43-42-49(3,4)5)57-48(51)41-39-37-35-33-31-29-27-25-23-21-19-17-15-13-11-9-7-2/h2*34-37,46H,6-33,38-45H2,1-5H3/b2*36-34-,37-35-. The third kappa shape index (κ3) is 94.8. The van der Waals surface area contributed by atoms with E-state index < -0.39 is 64.9 Å². The number of carbonyl (C=O) groups excluding carboxylic acids is 4. The first-order valence-corrected chi connectivity index (χ1v) is 51.0. The first-order chi connectivity index (χ1) is 56.0. The van der Waals surface area contributed by atoms with Gasteiger partial charge in [-0.1, -0.05) is 385 Å². The lowest BCUT2D eigenvalue weighted by atomic mass is 10.0. The highest BCUT2D eigenvalue weighted by Crippen LogP contribution is 2.39. The Labute approximate surface area is 714 Å². The Bertz CT molecular complexity index is 2410. The van der Waals surface area contributed by atoms with E-state index >= 15 is 0 Å². The van der Waals surface area contributed by atoms with E-state index in [0.717, 1.165) is 51.4 Å². The van der Waals surface area contributed by atoms with Gasteiger partial charge in [-0.25, -0.2) is 0 Å². The lowest BCUT2D eigenvalue weighted by molar-refractivity contribution is -0.870. The maximum absolute atomic E-state index is 12.7. The fourth-order valence-electron chi connectivity index (χ4n) is 13.4. The van der Waals surface area contributed by atoms with Crippen LogP contribution in [0.4, 0.5) is 0 Å². The number of carbonyl (C=O) groups is 4. The molecule has 0 aliphatic rings. The van der Waals surface area contributed by atoms with Gasteiger partial charge in [0, 0.05) is 25.7 Å². The number of unbranched alkanes of at least 4 members (excludes halogenated alkanes) is 52. The molecule has 4 unspecified atom stereocenters. The van der Waals surface area contributed by atoms with Gasteiger partial charge in [0.15, 0.2) is 12.2 Å². The van der Waals surface area contributed by atoms with Crippen LogP contribution >= 0.6 is 15.6 Å². The molecule has 0 saturated carbocycles. The van der Waals surface area contributed by atoms with Gasteiger partial charge in [-0.05, 0) is 77.0 Å². The first-order valence-electron chi connectivity index (χ1n) is 48.1. The summed E-state index contributed by atoms with van der Waals surface area (Å²) >= 11 is 0. The van der Waals surface area contributed by atoms with E-state index in [-0.39, 0.29) is 52.1 Å². The lowest BCUT2D eigenvalue weighted by Gasteiger charge is -2.28. The van der Waals surface area contributed by atoms with Crippen LogP contribution in [0, 0.1) is 0 Å². The van der Waals surface area contributed by atoms with Crippen molar-refractivity contribution in [2.24, 2.45) is 0 Å². The Balaban J connectivity index is 0. The van der Waals surface area contributed by atoms with Crippen molar-refractivity contribution < 1.29 is 84.1 Å². The normalized spacial score (nSPS) is 13.7. The summed E-state index contributed by atoms with van der Waals surface area (Å²) in [6.45, 7) is 8.35. The van der Waals surface area contributed by atoms with Crippen LogP contribution in [0.5, 0.6) is 0 Å². The molecule has 0 amide bonds. The minimum absolute atomic E-state index is 0.0394. The van der Waals surface area contributed by atoms with Gasteiger partial charge in [0.05, 0.1) is 55.5 Å². The molecular weight excluding hydrogens is 1500 g/mol. The summed E-state index contributed by atoms with van der Waals surface area (Å²) in [6.07, 6.45) is 90.4. The monoisotopic (exact) mass is 1680 g/mol. The number of likely N-dealkylation sites (N-methyl/N-ethyl adjacent to an activating group) is 2. The van der Waals surface area contributed by atoms with Gasteiger partial charge in [-0.2, -0.15) is 0 Å². The van der Waals surface area contributed by atoms with Gasteiger partial charge < -0.3 is 55.8 Å². The molecule has 0 aromatic heterocycles. The molecule has 4 atom stereocenters. The molecule has 0 spiro atoms. The molecule has 116 heavy (non-hydrogen) atoms. The van der Waals surface area contributed by atoms with Gasteiger partial charge in [-0.3, -0.25) is 28.3 Å². The highest BCUT2D eigenvalue weighted by atomic mass is 31.2. The topological polar surface area (TPSA) is 222 Å². The van der Waals surface area contributed by atoms with Crippen LogP contribution in [-0.4, -0.2) is 140 Å². The van der Waals surface area contributed by atoms with Gasteiger partial charge in [0.1, 0.15) is 39.5 Å². The summed E-state index contributed by atoms with van der Waals surface area (Å²) in [7, 11) is 2.28. The van der Waals surface area contributed by atoms with E-state index in [4.69, 9.17) is 37.0 Å². The van der Waals surface area contributed by atoms with Crippen molar-refractivity contribution >= 4 is 39.5 Å². The zero-order valence-corrected chi connectivity index (χ0v) is 78.8. The SMILES string of the molecule is CCCCCCCCCCCCC/C=C\CCC(=O)OCC(COP(=O)([O-])OCC[N+](C)(C)C)OC(=O)CC/C=C\CCCCCCCCCCCCCCCCC.CCCCCCCCCCCCCCC/C=C\CCC(=O)OCC(COP(=O)([O-])OCC[N+](C)(C)C)OC(=O)CC/C=C\CCCCCCCCCCCCCCC. The number of esters is 4. The van der Waals surface area contributed by atoms with E-state index in [1.807, 2.05) is 66.6 Å². The van der Waals surface area contributed by atoms with Crippen LogP contribution in [0.3, 0.4) is 0 Å². The number of quaternary nitrogens is 2. The van der Waals surface area contributed by atoms with E-state index in [1.54, 1.807) is 0 Å². The van der Waals surface area contributed by atoms with Crippen LogP contribution in [0.1, 0.15) is 439 Å². The number of ether oxygens (including phenoxy) is 4. The summed E-state index contributed by atoms with van der Waals surface area (Å²) in [6, 6.07) is 0. The zero-order valence-electron chi connectivity index (χ0n) is 77.0. The zero-order chi connectivity index (χ0) is 85.7. The van der Waals surface area contributed by atoms with Crippen molar-refractivity contribution in [3.05, 3.63) is 48.6 Å². The smallest absolute Gasteiger partial charge is 0.306 e. The molecule has 0 bridgehead atoms. The Morgan fingerprint density at radius 2 is 0.440 bits per heavy atom. The summed E-state index contributed by atoms with van der Waals surface area (Å²) in [4.78, 5) is 75.1. The fourth-order valence-corrected chi connectivity index (χ4v) is 14.8. The number of phosphoric ester groups is 2. The van der Waals surface area contributed by atoms with E-state index in [0.29, 0.717) is 47.7 Å². The molecule has 0 saturated heterocycles. The molecule has 0 heterocycles. The van der Waals surface area contributed by atoms with Gasteiger partial charge >= 0.3 is 23.9 Å². The Morgan fingerprint density at radius 3 is 0.638 bits per heavy atom. The number of hydrogen-bond acceptors (Lipinski definition) is 16. The van der Waals surface area contributed by atoms with Crippen molar-refractivity contribution in [3.63, 3.8) is 0 Å². The molecule has 0 aromatic carbocycles. The van der Waals surface area contributed by atoms with Crippen molar-refractivity contribution in [1.82, 2.24) is 0 Å². The number of nitrogens with zero attached hydrogens (tertiary/aromatic N) is 2. The number of allylic oxidation sites excluding steroid dienone is 8. The van der Waals surface area contributed by atoms with Crippen molar-refractivity contribution in [2.45, 2.75) is 451 Å². The molecule has 684 valence electrons. The molecule has 0 N–H and O–H groups in total. The van der Waals surface area contributed by atoms with Crippen molar-refractivity contribution in [2.75, 3.05) is 95.0 Å². The molecule has 20 heteroatoms. The van der Waals surface area contributed by atoms with E-state index in [1.165, 1.54) is 308 Å². The molecular formula is C96H184N2O16P2. The number of rotatable bonds is 88. The van der Waals surface area contributed by atoms with Crippen LogP contribution in [0.2, 0.25) is 0 Å². The third-order valence-electron chi connectivity index (χ3n) is 20.9. The van der Waals surface area contributed by atoms with Crippen LogP contribution in [0.25, 0.3) is 0 Å². The summed E-state index contributed by atoms with van der Waals surface area (Å²) in [5, 5.41) is 0. The largest absolute Gasteiger partial charge is 0.756 e. The summed E-state index contributed by atoms with van der Waals surface area (Å²) < 4.78 is 67.7. The summed E-state index contributed by atoms with van der Waals surface area (Å²) in [5.41, 5.74) is 0. The molecule has 0 aliphatic carbocycles. The maximum atomic E-state index is 12.7. The molecule has 0 fully saturated rings. The fraction of sp³-hybridized carbons (Fsp3) is 0.875. The van der Waals surface area contributed by atoms with Gasteiger partial charge in [-0.15, -0.1) is 0 Å². The van der Waals surface area contributed by atoms with Crippen molar-refractivity contribution in [3.8, 4) is 0 Å². The van der Waals surface area contributed by atoms with Crippen LogP contribution in [-0.2, 0) is 65.4 Å². The van der Waals surface area contributed by atoms with Gasteiger partial charge in [0.25, 0.3) is 15.6 Å². The lowest BCUT2D eigenvalue weighted by Crippen LogP contribution is -2.37. The minimum atomic E-state index is -4.64. The third-order valence-corrected chi connectivity index (χ3v) is 22.9. The van der Waals surface area contributed by atoms with Gasteiger partial charge in [0.2, 0.25) is 0 Å². The molecule has 0 aliphatic heterocycles. The molecule has 0 aromatic rings. The average Bonchev–Trinajstić information content (AvgIpc) is 0.906. The first kappa shape index (κ1) is 115. The average molecular weight is 1680 g/mol. The Morgan fingerprint density at radius 1 is 0.259 bits per heavy atom. The van der Waals surface area contributed by atoms with Crippen LogP contribution in [0.15, 0.2) is 48.6 Å².